The Hall–Kier alpha value is -0.970. The topological polar surface area (TPSA) is 61.7 Å². The van der Waals surface area contributed by atoms with E-state index < -0.39 is 6.10 Å². The first-order valence-corrected chi connectivity index (χ1v) is 6.97. The Balaban J connectivity index is 2.01. The van der Waals surface area contributed by atoms with E-state index in [4.69, 9.17) is 16.3 Å². The Morgan fingerprint density at radius 1 is 1.42 bits per heavy atom. The predicted octanol–water partition coefficient (Wildman–Crippen LogP) is 2.62. The molecule has 0 spiro atoms. The van der Waals surface area contributed by atoms with E-state index in [9.17, 15) is 10.2 Å². The monoisotopic (exact) mass is 285 g/mol. The molecule has 1 atom stereocenters. The van der Waals surface area contributed by atoms with Crippen molar-refractivity contribution in [3.05, 3.63) is 22.7 Å². The zero-order valence-corrected chi connectivity index (χ0v) is 11.8. The number of rotatable bonds is 5. The molecular weight excluding hydrogens is 266 g/mol. The van der Waals surface area contributed by atoms with Crippen molar-refractivity contribution in [2.45, 2.75) is 37.8 Å². The summed E-state index contributed by atoms with van der Waals surface area (Å²) in [6.07, 6.45) is 4.20. The number of phenolic OH excluding ortho intramolecular Hbond substituents is 1. The quantitative estimate of drug-likeness (QED) is 0.778. The van der Waals surface area contributed by atoms with Gasteiger partial charge in [0.1, 0.15) is 0 Å². The average Bonchev–Trinajstić information content (AvgIpc) is 2.92. The Morgan fingerprint density at radius 2 is 2.11 bits per heavy atom. The number of hydrogen-bond acceptors (Lipinski definition) is 4. The van der Waals surface area contributed by atoms with E-state index in [0.29, 0.717) is 18.2 Å². The summed E-state index contributed by atoms with van der Waals surface area (Å²) in [5, 5.41) is 23.4. The van der Waals surface area contributed by atoms with E-state index >= 15 is 0 Å². The lowest BCUT2D eigenvalue weighted by Crippen LogP contribution is -2.30. The van der Waals surface area contributed by atoms with Gasteiger partial charge in [0.05, 0.1) is 18.2 Å². The fraction of sp³-hybridized carbons (Fsp3) is 0.571. The molecule has 1 unspecified atom stereocenters. The molecule has 0 heterocycles. The lowest BCUT2D eigenvalue weighted by Gasteiger charge is -2.17. The molecule has 0 bridgehead atoms. The Kier molecular flexibility index (Phi) is 4.91. The van der Waals surface area contributed by atoms with E-state index in [2.05, 4.69) is 5.32 Å². The van der Waals surface area contributed by atoms with Crippen molar-refractivity contribution in [3.63, 3.8) is 0 Å². The van der Waals surface area contributed by atoms with Crippen molar-refractivity contribution < 1.29 is 14.9 Å². The van der Waals surface area contributed by atoms with E-state index in [1.807, 2.05) is 0 Å². The van der Waals surface area contributed by atoms with Gasteiger partial charge in [-0.2, -0.15) is 0 Å². The molecule has 0 aliphatic heterocycles. The van der Waals surface area contributed by atoms with Gasteiger partial charge in [0.25, 0.3) is 0 Å². The first kappa shape index (κ1) is 14.4. The predicted molar refractivity (Wildman–Crippen MR) is 74.9 cm³/mol. The molecule has 19 heavy (non-hydrogen) atoms. The second-order valence-electron chi connectivity index (χ2n) is 4.96. The Bertz CT molecular complexity index is 433. The summed E-state index contributed by atoms with van der Waals surface area (Å²) in [7, 11) is 1.46. The largest absolute Gasteiger partial charge is 0.503 e. The van der Waals surface area contributed by atoms with Crippen molar-refractivity contribution in [2.75, 3.05) is 13.7 Å². The van der Waals surface area contributed by atoms with Crippen LogP contribution in [0.4, 0.5) is 0 Å². The highest BCUT2D eigenvalue weighted by Gasteiger charge is 2.18. The minimum absolute atomic E-state index is 0.0936. The third-order valence-electron chi connectivity index (χ3n) is 3.61. The smallest absolute Gasteiger partial charge is 0.176 e. The molecule has 2 rings (SSSR count). The first-order valence-electron chi connectivity index (χ1n) is 6.59. The van der Waals surface area contributed by atoms with Gasteiger partial charge >= 0.3 is 0 Å². The van der Waals surface area contributed by atoms with Crippen LogP contribution in [-0.4, -0.2) is 29.9 Å². The van der Waals surface area contributed by atoms with Gasteiger partial charge in [-0.25, -0.2) is 0 Å². The third kappa shape index (κ3) is 3.53. The molecule has 1 aliphatic carbocycles. The summed E-state index contributed by atoms with van der Waals surface area (Å²) in [6.45, 7) is 0.481. The molecule has 4 nitrogen and oxygen atoms in total. The van der Waals surface area contributed by atoms with Crippen LogP contribution in [0, 0.1) is 0 Å². The summed E-state index contributed by atoms with van der Waals surface area (Å²) in [5.74, 6) is 0.186. The molecule has 0 radical (unpaired) electrons. The van der Waals surface area contributed by atoms with Crippen LogP contribution in [0.3, 0.4) is 0 Å². The Labute approximate surface area is 118 Å². The minimum atomic E-state index is -0.660. The van der Waals surface area contributed by atoms with Crippen molar-refractivity contribution >= 4 is 11.6 Å². The van der Waals surface area contributed by atoms with Crippen LogP contribution < -0.4 is 10.1 Å². The van der Waals surface area contributed by atoms with Crippen molar-refractivity contribution in [1.29, 1.82) is 0 Å². The van der Waals surface area contributed by atoms with Crippen LogP contribution >= 0.6 is 11.6 Å². The molecule has 1 aromatic rings. The molecule has 3 N–H and O–H groups in total. The molecule has 1 fully saturated rings. The molecule has 1 saturated carbocycles. The fourth-order valence-electron chi connectivity index (χ4n) is 2.47. The first-order chi connectivity index (χ1) is 9.11. The molecule has 0 saturated heterocycles. The van der Waals surface area contributed by atoms with Crippen molar-refractivity contribution in [2.24, 2.45) is 0 Å². The number of nitrogens with one attached hydrogen (secondary N) is 1. The molecule has 0 amide bonds. The number of aliphatic hydroxyl groups excluding tert-OH is 1. The number of hydrogen-bond donors (Lipinski definition) is 3. The van der Waals surface area contributed by atoms with Gasteiger partial charge in [0, 0.05) is 12.6 Å². The average molecular weight is 286 g/mol. The molecule has 1 aliphatic rings. The van der Waals surface area contributed by atoms with E-state index in [1.165, 1.54) is 32.8 Å². The van der Waals surface area contributed by atoms with Gasteiger partial charge in [-0.15, -0.1) is 0 Å². The van der Waals surface area contributed by atoms with Crippen LogP contribution in [0.5, 0.6) is 11.5 Å². The highest BCUT2D eigenvalue weighted by atomic mass is 35.5. The van der Waals surface area contributed by atoms with Gasteiger partial charge in [0.2, 0.25) is 0 Å². The van der Waals surface area contributed by atoms with Crippen LogP contribution in [0.1, 0.15) is 37.4 Å². The number of phenols is 1. The summed E-state index contributed by atoms with van der Waals surface area (Å²) >= 11 is 5.91. The zero-order valence-electron chi connectivity index (χ0n) is 11.0. The third-order valence-corrected chi connectivity index (χ3v) is 3.90. The van der Waals surface area contributed by atoms with Gasteiger partial charge < -0.3 is 20.3 Å². The van der Waals surface area contributed by atoms with Crippen LogP contribution in [0.2, 0.25) is 5.02 Å². The maximum Gasteiger partial charge on any atom is 0.176 e. The van der Waals surface area contributed by atoms with Gasteiger partial charge in [-0.1, -0.05) is 24.4 Å². The highest BCUT2D eigenvalue weighted by Crippen LogP contribution is 2.36. The maximum absolute atomic E-state index is 10.2. The maximum atomic E-state index is 10.2. The summed E-state index contributed by atoms with van der Waals surface area (Å²) in [6, 6.07) is 3.69. The van der Waals surface area contributed by atoms with Crippen molar-refractivity contribution in [1.82, 2.24) is 5.32 Å². The standard InChI is InChI=1S/C14H20ClNO3/c1-19-13-7-9(6-11(15)14(13)18)12(17)8-16-10-4-2-3-5-10/h6-7,10,12,16-18H,2-5,8H2,1H3. The van der Waals surface area contributed by atoms with Crippen LogP contribution in [0.15, 0.2) is 12.1 Å². The van der Waals surface area contributed by atoms with E-state index in [-0.39, 0.29) is 16.5 Å². The molecule has 5 heteroatoms. The number of benzene rings is 1. The summed E-state index contributed by atoms with van der Waals surface area (Å²) in [4.78, 5) is 0. The highest BCUT2D eigenvalue weighted by molar-refractivity contribution is 6.32. The van der Waals surface area contributed by atoms with Gasteiger partial charge in [0.15, 0.2) is 11.5 Å². The molecule has 1 aromatic carbocycles. The zero-order chi connectivity index (χ0) is 13.8. The number of aliphatic hydroxyl groups is 1. The normalized spacial score (nSPS) is 17.6. The second-order valence-corrected chi connectivity index (χ2v) is 5.37. The number of ether oxygens (including phenoxy) is 1. The van der Waals surface area contributed by atoms with E-state index in [1.54, 1.807) is 12.1 Å². The van der Waals surface area contributed by atoms with Crippen LogP contribution in [-0.2, 0) is 0 Å². The van der Waals surface area contributed by atoms with Crippen LogP contribution in [0.25, 0.3) is 0 Å². The fourth-order valence-corrected chi connectivity index (χ4v) is 2.69. The molecule has 0 aromatic heterocycles. The van der Waals surface area contributed by atoms with Gasteiger partial charge in [-0.3, -0.25) is 0 Å². The van der Waals surface area contributed by atoms with Gasteiger partial charge in [-0.05, 0) is 30.5 Å². The molecule has 106 valence electrons. The number of aromatic hydroxyl groups is 1. The van der Waals surface area contributed by atoms with E-state index in [0.717, 1.165) is 0 Å². The van der Waals surface area contributed by atoms with Crippen molar-refractivity contribution in [3.8, 4) is 11.5 Å². The number of halogens is 1. The second kappa shape index (κ2) is 6.46. The lowest BCUT2D eigenvalue weighted by atomic mass is 10.1. The SMILES string of the molecule is COc1cc(C(O)CNC2CCCC2)cc(Cl)c1O. The number of methoxy groups -OCH3 is 1. The Morgan fingerprint density at radius 3 is 2.74 bits per heavy atom. The molecular formula is C14H20ClNO3. The summed E-state index contributed by atoms with van der Waals surface area (Å²) < 4.78 is 5.03. The minimum Gasteiger partial charge on any atom is -0.503 e. The summed E-state index contributed by atoms with van der Waals surface area (Å²) in [5.41, 5.74) is 0.644. The lowest BCUT2D eigenvalue weighted by molar-refractivity contribution is 0.169.